The van der Waals surface area contributed by atoms with Crippen LogP contribution in [0.1, 0.15) is 5.56 Å². The van der Waals surface area contributed by atoms with Crippen LogP contribution in [0, 0.1) is 18.8 Å². The first-order valence-electron chi connectivity index (χ1n) is 6.46. The molecule has 104 valence electrons. The number of fused-ring (bicyclic) bond motifs is 1. The molecule has 1 aromatic carbocycles. The third-order valence-electron chi connectivity index (χ3n) is 4.19. The smallest absolute Gasteiger partial charge is 0.243 e. The van der Waals surface area contributed by atoms with E-state index in [1.165, 1.54) is 0 Å². The van der Waals surface area contributed by atoms with Gasteiger partial charge in [-0.05, 0) is 49.5 Å². The molecule has 19 heavy (non-hydrogen) atoms. The Hall–Kier alpha value is -0.620. The highest BCUT2D eigenvalue weighted by atomic mass is 35.5. The van der Waals surface area contributed by atoms with Gasteiger partial charge >= 0.3 is 0 Å². The number of sulfonamides is 1. The largest absolute Gasteiger partial charge is 0.316 e. The molecule has 3 rings (SSSR count). The first kappa shape index (κ1) is 13.4. The van der Waals surface area contributed by atoms with E-state index < -0.39 is 10.0 Å². The molecule has 0 radical (unpaired) electrons. The Bertz CT molecular complexity index is 591. The highest BCUT2D eigenvalue weighted by Gasteiger charge is 2.41. The van der Waals surface area contributed by atoms with E-state index in [1.54, 1.807) is 29.4 Å². The third kappa shape index (κ3) is 2.18. The summed E-state index contributed by atoms with van der Waals surface area (Å²) in [4.78, 5) is 0.341. The lowest BCUT2D eigenvalue weighted by atomic mass is 10.0. The minimum atomic E-state index is -3.41. The second-order valence-corrected chi connectivity index (χ2v) is 7.68. The van der Waals surface area contributed by atoms with Gasteiger partial charge in [0.25, 0.3) is 0 Å². The number of hydrogen-bond acceptors (Lipinski definition) is 3. The van der Waals surface area contributed by atoms with Crippen LogP contribution in [0.3, 0.4) is 0 Å². The fourth-order valence-corrected chi connectivity index (χ4v) is 5.05. The second kappa shape index (κ2) is 4.74. The Morgan fingerprint density at radius 2 is 1.89 bits per heavy atom. The summed E-state index contributed by atoms with van der Waals surface area (Å²) in [5.41, 5.74) is 0.638. The van der Waals surface area contributed by atoms with E-state index in [-0.39, 0.29) is 0 Å². The van der Waals surface area contributed by atoms with E-state index in [0.717, 1.165) is 13.1 Å². The van der Waals surface area contributed by atoms with Crippen molar-refractivity contribution >= 4 is 21.6 Å². The van der Waals surface area contributed by atoms with Crippen molar-refractivity contribution in [2.24, 2.45) is 11.8 Å². The lowest BCUT2D eigenvalue weighted by molar-refractivity contribution is 0.447. The standard InChI is InChI=1S/C13H17ClN2O2S/c1-9-12(14)3-2-4-13(9)19(17,18)16-7-10-5-15-6-11(10)8-16/h2-4,10-11,15H,5-8H2,1H3/t10-,11+. The summed E-state index contributed by atoms with van der Waals surface area (Å²) < 4.78 is 27.0. The van der Waals surface area contributed by atoms with Crippen LogP contribution in [0.2, 0.25) is 5.02 Å². The van der Waals surface area contributed by atoms with Gasteiger partial charge in [-0.2, -0.15) is 4.31 Å². The number of rotatable bonds is 2. The van der Waals surface area contributed by atoms with Crippen LogP contribution in [0.5, 0.6) is 0 Å². The van der Waals surface area contributed by atoms with E-state index in [0.29, 0.717) is 40.4 Å². The number of nitrogens with zero attached hydrogens (tertiary/aromatic N) is 1. The molecule has 2 aliphatic heterocycles. The van der Waals surface area contributed by atoms with Gasteiger partial charge in [0.15, 0.2) is 0 Å². The molecule has 2 fully saturated rings. The first-order valence-corrected chi connectivity index (χ1v) is 8.28. The highest BCUT2D eigenvalue weighted by molar-refractivity contribution is 7.89. The van der Waals surface area contributed by atoms with Gasteiger partial charge < -0.3 is 5.32 Å². The molecule has 0 amide bonds. The maximum absolute atomic E-state index is 12.7. The quantitative estimate of drug-likeness (QED) is 0.900. The molecule has 2 atom stereocenters. The van der Waals surface area contributed by atoms with Crippen LogP contribution in [0.4, 0.5) is 0 Å². The van der Waals surface area contributed by atoms with Gasteiger partial charge in [0.1, 0.15) is 0 Å². The van der Waals surface area contributed by atoms with Gasteiger partial charge in [0, 0.05) is 18.1 Å². The van der Waals surface area contributed by atoms with Crippen molar-refractivity contribution in [3.05, 3.63) is 28.8 Å². The lowest BCUT2D eigenvalue weighted by Crippen LogP contribution is -2.32. The van der Waals surface area contributed by atoms with Crippen LogP contribution >= 0.6 is 11.6 Å². The Kier molecular flexibility index (Phi) is 3.33. The van der Waals surface area contributed by atoms with Crippen molar-refractivity contribution in [3.8, 4) is 0 Å². The maximum Gasteiger partial charge on any atom is 0.243 e. The van der Waals surface area contributed by atoms with Crippen LogP contribution in [-0.2, 0) is 10.0 Å². The molecule has 0 spiro atoms. The Morgan fingerprint density at radius 1 is 1.26 bits per heavy atom. The van der Waals surface area contributed by atoms with E-state index >= 15 is 0 Å². The van der Waals surface area contributed by atoms with Gasteiger partial charge in [0.2, 0.25) is 10.0 Å². The molecule has 0 aromatic heterocycles. The minimum Gasteiger partial charge on any atom is -0.316 e. The molecule has 0 aliphatic carbocycles. The number of halogens is 1. The van der Waals surface area contributed by atoms with Crippen LogP contribution in [0.15, 0.2) is 23.1 Å². The van der Waals surface area contributed by atoms with Gasteiger partial charge in [-0.3, -0.25) is 0 Å². The molecule has 2 saturated heterocycles. The summed E-state index contributed by atoms with van der Waals surface area (Å²) in [6.07, 6.45) is 0. The molecule has 2 heterocycles. The van der Waals surface area contributed by atoms with Gasteiger partial charge in [-0.15, -0.1) is 0 Å². The van der Waals surface area contributed by atoms with Crippen molar-refractivity contribution in [1.29, 1.82) is 0 Å². The van der Waals surface area contributed by atoms with Crippen molar-refractivity contribution in [1.82, 2.24) is 9.62 Å². The molecule has 0 bridgehead atoms. The van der Waals surface area contributed by atoms with E-state index in [9.17, 15) is 8.42 Å². The summed E-state index contributed by atoms with van der Waals surface area (Å²) >= 11 is 6.03. The average Bonchev–Trinajstić information content (AvgIpc) is 2.92. The van der Waals surface area contributed by atoms with Crippen molar-refractivity contribution < 1.29 is 8.42 Å². The summed E-state index contributed by atoms with van der Waals surface area (Å²) in [6, 6.07) is 5.06. The molecule has 2 aliphatic rings. The zero-order chi connectivity index (χ0) is 13.6. The first-order chi connectivity index (χ1) is 9.00. The van der Waals surface area contributed by atoms with E-state index in [4.69, 9.17) is 11.6 Å². The SMILES string of the molecule is Cc1c(Cl)cccc1S(=O)(=O)N1C[C@H]2CNC[C@H]2C1. The summed E-state index contributed by atoms with van der Waals surface area (Å²) in [6.45, 7) is 4.84. The molecular formula is C13H17ClN2O2S. The predicted octanol–water partition coefficient (Wildman–Crippen LogP) is 1.49. The fourth-order valence-electron chi connectivity index (χ4n) is 3.01. The number of hydrogen-bond donors (Lipinski definition) is 1. The molecule has 1 aromatic rings. The molecule has 0 saturated carbocycles. The third-order valence-corrected chi connectivity index (χ3v) is 6.58. The lowest BCUT2D eigenvalue weighted by Gasteiger charge is -2.19. The molecule has 0 unspecified atom stereocenters. The second-order valence-electron chi connectivity index (χ2n) is 5.36. The van der Waals surface area contributed by atoms with Gasteiger partial charge in [-0.25, -0.2) is 8.42 Å². The average molecular weight is 301 g/mol. The van der Waals surface area contributed by atoms with Gasteiger partial charge in [-0.1, -0.05) is 17.7 Å². The zero-order valence-corrected chi connectivity index (χ0v) is 12.3. The number of nitrogens with one attached hydrogen (secondary N) is 1. The van der Waals surface area contributed by atoms with Crippen LogP contribution in [0.25, 0.3) is 0 Å². The molecule has 1 N–H and O–H groups in total. The Labute approximate surface area is 118 Å². The minimum absolute atomic E-state index is 0.341. The van der Waals surface area contributed by atoms with Crippen LogP contribution < -0.4 is 5.32 Å². The number of benzene rings is 1. The van der Waals surface area contributed by atoms with Crippen molar-refractivity contribution in [2.45, 2.75) is 11.8 Å². The van der Waals surface area contributed by atoms with E-state index in [1.807, 2.05) is 0 Å². The van der Waals surface area contributed by atoms with E-state index in [2.05, 4.69) is 5.32 Å². The summed E-state index contributed by atoms with van der Waals surface area (Å²) in [7, 11) is -3.41. The van der Waals surface area contributed by atoms with Gasteiger partial charge in [0.05, 0.1) is 4.90 Å². The molecular weight excluding hydrogens is 284 g/mol. The normalized spacial score (nSPS) is 27.7. The molecule has 6 heteroatoms. The summed E-state index contributed by atoms with van der Waals surface area (Å²) in [5, 5.41) is 3.82. The zero-order valence-electron chi connectivity index (χ0n) is 10.8. The summed E-state index contributed by atoms with van der Waals surface area (Å²) in [5.74, 6) is 0.906. The maximum atomic E-state index is 12.7. The predicted molar refractivity (Wildman–Crippen MR) is 74.8 cm³/mol. The Balaban J connectivity index is 1.93. The van der Waals surface area contributed by atoms with Crippen molar-refractivity contribution in [2.75, 3.05) is 26.2 Å². The topological polar surface area (TPSA) is 49.4 Å². The monoisotopic (exact) mass is 300 g/mol. The Morgan fingerprint density at radius 3 is 2.53 bits per heavy atom. The van der Waals surface area contributed by atoms with Crippen molar-refractivity contribution in [3.63, 3.8) is 0 Å². The van der Waals surface area contributed by atoms with Crippen LogP contribution in [-0.4, -0.2) is 38.9 Å². The molecule has 4 nitrogen and oxygen atoms in total. The fraction of sp³-hybridized carbons (Fsp3) is 0.538. The highest BCUT2D eigenvalue weighted by Crippen LogP contribution is 2.32.